The van der Waals surface area contributed by atoms with Crippen LogP contribution in [0.25, 0.3) is 16.8 Å². The number of carbonyl (C=O) groups excluding carboxylic acids is 3. The summed E-state index contributed by atoms with van der Waals surface area (Å²) in [6.07, 6.45) is 1.45. The van der Waals surface area contributed by atoms with Crippen LogP contribution in [0.15, 0.2) is 72.3 Å². The summed E-state index contributed by atoms with van der Waals surface area (Å²) in [6.45, 7) is -0.161. The summed E-state index contributed by atoms with van der Waals surface area (Å²) in [5.41, 5.74) is 1.30. The highest BCUT2D eigenvalue weighted by Gasteiger charge is 2.25. The summed E-state index contributed by atoms with van der Waals surface area (Å²) in [4.78, 5) is 36.1. The van der Waals surface area contributed by atoms with Crippen molar-refractivity contribution in [2.45, 2.75) is 0 Å². The number of ether oxygens (including phenoxy) is 1. The van der Waals surface area contributed by atoms with Crippen LogP contribution in [0.1, 0.15) is 5.56 Å². The third-order valence-corrected chi connectivity index (χ3v) is 4.77. The zero-order valence-corrected chi connectivity index (χ0v) is 17.0. The molecular formula is C23H17N3O4S. The van der Waals surface area contributed by atoms with Crippen molar-refractivity contribution in [3.63, 3.8) is 0 Å². The summed E-state index contributed by atoms with van der Waals surface area (Å²) in [6, 6.07) is 20.1. The summed E-state index contributed by atoms with van der Waals surface area (Å²) in [5.74, 6) is -0.915. The van der Waals surface area contributed by atoms with Gasteiger partial charge in [-0.2, -0.15) is 0 Å². The van der Waals surface area contributed by atoms with Gasteiger partial charge >= 0.3 is 0 Å². The maximum Gasteiger partial charge on any atom is 0.263 e. The molecule has 31 heavy (non-hydrogen) atoms. The first kappa shape index (κ1) is 20.2. The van der Waals surface area contributed by atoms with Gasteiger partial charge in [0.2, 0.25) is 0 Å². The number of hydrogen-bond donors (Lipinski definition) is 3. The largest absolute Gasteiger partial charge is 0.484 e. The third-order valence-electron chi connectivity index (χ3n) is 4.57. The Morgan fingerprint density at radius 3 is 2.35 bits per heavy atom. The van der Waals surface area contributed by atoms with Crippen molar-refractivity contribution >= 4 is 57.6 Å². The Balaban J connectivity index is 1.38. The normalized spacial score (nSPS) is 13.4. The first-order chi connectivity index (χ1) is 15.0. The molecule has 0 bridgehead atoms. The fourth-order valence-electron chi connectivity index (χ4n) is 3.10. The topological polar surface area (TPSA) is 96.5 Å². The summed E-state index contributed by atoms with van der Waals surface area (Å²) in [7, 11) is 0. The maximum atomic E-state index is 12.3. The second-order valence-corrected chi connectivity index (χ2v) is 7.14. The molecule has 0 aromatic heterocycles. The van der Waals surface area contributed by atoms with Crippen molar-refractivity contribution in [2.24, 2.45) is 0 Å². The van der Waals surface area contributed by atoms with E-state index in [1.165, 1.54) is 6.08 Å². The van der Waals surface area contributed by atoms with E-state index in [1.807, 2.05) is 42.5 Å². The van der Waals surface area contributed by atoms with Gasteiger partial charge in [-0.25, -0.2) is 0 Å². The van der Waals surface area contributed by atoms with Crippen molar-refractivity contribution < 1.29 is 19.1 Å². The lowest BCUT2D eigenvalue weighted by Crippen LogP contribution is -2.51. The Morgan fingerprint density at radius 2 is 1.61 bits per heavy atom. The number of anilines is 1. The van der Waals surface area contributed by atoms with Crippen LogP contribution in [-0.2, 0) is 14.4 Å². The van der Waals surface area contributed by atoms with E-state index in [4.69, 9.17) is 17.0 Å². The van der Waals surface area contributed by atoms with Gasteiger partial charge in [0.25, 0.3) is 17.7 Å². The average Bonchev–Trinajstić information content (AvgIpc) is 2.76. The molecule has 1 fully saturated rings. The first-order valence-electron chi connectivity index (χ1n) is 9.38. The van der Waals surface area contributed by atoms with Crippen LogP contribution in [0.2, 0.25) is 0 Å². The van der Waals surface area contributed by atoms with E-state index in [1.54, 1.807) is 24.3 Å². The van der Waals surface area contributed by atoms with Gasteiger partial charge in [-0.3, -0.25) is 25.0 Å². The Kier molecular flexibility index (Phi) is 5.72. The number of carbonyl (C=O) groups is 3. The number of fused-ring (bicyclic) bond motifs is 1. The first-order valence-corrected chi connectivity index (χ1v) is 9.79. The number of amides is 3. The summed E-state index contributed by atoms with van der Waals surface area (Å²) >= 11 is 4.77. The quantitative estimate of drug-likeness (QED) is 0.328. The molecule has 0 spiro atoms. The predicted octanol–water partition coefficient (Wildman–Crippen LogP) is 2.77. The maximum absolute atomic E-state index is 12.3. The Hall–Kier alpha value is -4.04. The van der Waals surface area contributed by atoms with Crippen LogP contribution in [0.4, 0.5) is 5.69 Å². The highest BCUT2D eigenvalue weighted by atomic mass is 32.1. The van der Waals surface area contributed by atoms with Crippen molar-refractivity contribution in [3.05, 3.63) is 77.9 Å². The molecule has 1 saturated heterocycles. The average molecular weight is 431 g/mol. The van der Waals surface area contributed by atoms with Crippen LogP contribution in [0, 0.1) is 0 Å². The second-order valence-electron chi connectivity index (χ2n) is 6.73. The number of hydrogen-bond acceptors (Lipinski definition) is 5. The van der Waals surface area contributed by atoms with Crippen molar-refractivity contribution in [2.75, 3.05) is 11.9 Å². The highest BCUT2D eigenvalue weighted by molar-refractivity contribution is 7.80. The smallest absolute Gasteiger partial charge is 0.263 e. The van der Waals surface area contributed by atoms with E-state index in [0.717, 1.165) is 16.5 Å². The molecule has 4 rings (SSSR count). The molecule has 0 radical (unpaired) electrons. The SMILES string of the molecule is O=C(COc1ccc(C=C2C(=O)NC(=S)NC2=O)cc1)Nc1cccc2ccccc12. The van der Waals surface area contributed by atoms with Crippen LogP contribution >= 0.6 is 12.2 Å². The number of benzene rings is 3. The number of rotatable bonds is 5. The van der Waals surface area contributed by atoms with Gasteiger partial charge in [-0.05, 0) is 47.4 Å². The molecule has 3 amide bonds. The fraction of sp³-hybridized carbons (Fsp3) is 0.0435. The Morgan fingerprint density at radius 1 is 0.935 bits per heavy atom. The molecule has 1 aliphatic heterocycles. The summed E-state index contributed by atoms with van der Waals surface area (Å²) < 4.78 is 5.54. The molecule has 3 aromatic rings. The zero-order valence-electron chi connectivity index (χ0n) is 16.2. The Bertz CT molecular complexity index is 1210. The second kappa shape index (κ2) is 8.76. The van der Waals surface area contributed by atoms with Gasteiger partial charge in [0.15, 0.2) is 11.7 Å². The molecule has 154 valence electrons. The van der Waals surface area contributed by atoms with Gasteiger partial charge < -0.3 is 10.1 Å². The van der Waals surface area contributed by atoms with Crippen LogP contribution in [-0.4, -0.2) is 29.4 Å². The molecule has 8 heteroatoms. The van der Waals surface area contributed by atoms with Crippen LogP contribution < -0.4 is 20.7 Å². The molecule has 0 atom stereocenters. The van der Waals surface area contributed by atoms with Crippen molar-refractivity contribution in [1.29, 1.82) is 0 Å². The van der Waals surface area contributed by atoms with E-state index >= 15 is 0 Å². The molecule has 7 nitrogen and oxygen atoms in total. The molecular weight excluding hydrogens is 414 g/mol. The summed E-state index contributed by atoms with van der Waals surface area (Å²) in [5, 5.41) is 9.59. The minimum Gasteiger partial charge on any atom is -0.484 e. The molecule has 1 aliphatic rings. The van der Waals surface area contributed by atoms with E-state index in [-0.39, 0.29) is 23.2 Å². The molecule has 1 heterocycles. The lowest BCUT2D eigenvalue weighted by molar-refractivity contribution is -0.123. The van der Waals surface area contributed by atoms with Gasteiger partial charge in [0, 0.05) is 11.1 Å². The lowest BCUT2D eigenvalue weighted by atomic mass is 10.1. The van der Waals surface area contributed by atoms with E-state index in [2.05, 4.69) is 16.0 Å². The van der Waals surface area contributed by atoms with E-state index in [9.17, 15) is 14.4 Å². The van der Waals surface area contributed by atoms with Crippen LogP contribution in [0.5, 0.6) is 5.75 Å². The number of nitrogens with one attached hydrogen (secondary N) is 3. The van der Waals surface area contributed by atoms with E-state index in [0.29, 0.717) is 11.3 Å². The fourth-order valence-corrected chi connectivity index (χ4v) is 3.29. The molecule has 0 saturated carbocycles. The highest BCUT2D eigenvalue weighted by Crippen LogP contribution is 2.23. The molecule has 0 unspecified atom stereocenters. The minimum atomic E-state index is -0.556. The monoisotopic (exact) mass is 431 g/mol. The molecule has 3 N–H and O–H groups in total. The molecule has 0 aliphatic carbocycles. The van der Waals surface area contributed by atoms with Gasteiger partial charge in [-0.15, -0.1) is 0 Å². The van der Waals surface area contributed by atoms with Crippen LogP contribution in [0.3, 0.4) is 0 Å². The van der Waals surface area contributed by atoms with Gasteiger partial charge in [0.1, 0.15) is 11.3 Å². The Labute approximate surface area is 183 Å². The van der Waals surface area contributed by atoms with Gasteiger partial charge in [0.05, 0.1) is 0 Å². The third kappa shape index (κ3) is 4.76. The predicted molar refractivity (Wildman–Crippen MR) is 121 cm³/mol. The van der Waals surface area contributed by atoms with E-state index < -0.39 is 11.8 Å². The number of thiocarbonyl (C=S) groups is 1. The lowest BCUT2D eigenvalue weighted by Gasteiger charge is -2.16. The van der Waals surface area contributed by atoms with Crippen molar-refractivity contribution in [3.8, 4) is 5.75 Å². The minimum absolute atomic E-state index is 0.0160. The standard InChI is InChI=1S/C23H17N3O4S/c27-20(24-19-7-3-5-15-4-1-2-6-17(15)19)13-30-16-10-8-14(9-11-16)12-18-21(28)25-23(31)26-22(18)29/h1-12H,13H2,(H,24,27)(H2,25,26,28,29,31). The molecule has 3 aromatic carbocycles. The zero-order chi connectivity index (χ0) is 21.8. The van der Waals surface area contributed by atoms with Crippen molar-refractivity contribution in [1.82, 2.24) is 10.6 Å². The van der Waals surface area contributed by atoms with Gasteiger partial charge in [-0.1, -0.05) is 48.5 Å².